The average Bonchev–Trinajstić information content (AvgIpc) is 3.61. The van der Waals surface area contributed by atoms with Crippen molar-refractivity contribution in [2.45, 2.75) is 65.8 Å². The van der Waals surface area contributed by atoms with Crippen molar-refractivity contribution in [2.24, 2.45) is 17.8 Å². The predicted molar refractivity (Wildman–Crippen MR) is 203 cm³/mol. The number of carbonyl (C=O) groups excluding carboxylic acids is 2. The summed E-state index contributed by atoms with van der Waals surface area (Å²) in [6, 6.07) is 13.2. The molecular weight excluding hydrogens is 749 g/mol. The number of halogens is 4. The van der Waals surface area contributed by atoms with Crippen LogP contribution in [0.3, 0.4) is 0 Å². The topological polar surface area (TPSA) is 99.3 Å². The number of amides is 1. The van der Waals surface area contributed by atoms with Gasteiger partial charge < -0.3 is 19.9 Å². The summed E-state index contributed by atoms with van der Waals surface area (Å²) in [6.45, 7) is 4.08. The molecule has 0 spiro atoms. The first-order chi connectivity index (χ1) is 26.8. The van der Waals surface area contributed by atoms with E-state index in [1.54, 1.807) is 17.0 Å². The molecule has 1 amide bonds. The molecule has 4 fully saturated rings. The van der Waals surface area contributed by atoms with E-state index < -0.39 is 42.8 Å². The van der Waals surface area contributed by atoms with Crippen LogP contribution in [0, 0.1) is 35.2 Å². The number of sulfone groups is 1. The first kappa shape index (κ1) is 40.2. The van der Waals surface area contributed by atoms with E-state index in [4.69, 9.17) is 4.74 Å². The van der Waals surface area contributed by atoms with E-state index in [1.807, 2.05) is 0 Å². The minimum Gasteiger partial charge on any atom is -0.469 e. The number of hydrogen-bond acceptors (Lipinski definition) is 8. The summed E-state index contributed by atoms with van der Waals surface area (Å²) in [5, 5.41) is 2.28. The maximum absolute atomic E-state index is 16.3. The molecule has 302 valence electrons. The number of anilines is 1. The minimum absolute atomic E-state index is 0.0679. The van der Waals surface area contributed by atoms with Crippen molar-refractivity contribution in [2.75, 3.05) is 71.4 Å². The highest BCUT2D eigenvalue weighted by atomic mass is 32.2. The van der Waals surface area contributed by atoms with Gasteiger partial charge in [-0.1, -0.05) is 18.6 Å². The number of nitrogens with zero attached hydrogens (tertiary/aromatic N) is 3. The third kappa shape index (κ3) is 7.80. The molecule has 56 heavy (non-hydrogen) atoms. The highest BCUT2D eigenvalue weighted by Gasteiger charge is 2.54. The maximum atomic E-state index is 16.3. The molecule has 0 radical (unpaired) electrons. The van der Waals surface area contributed by atoms with E-state index in [0.29, 0.717) is 19.5 Å². The molecule has 1 saturated carbocycles. The first-order valence-electron chi connectivity index (χ1n) is 19.5. The minimum atomic E-state index is -4.31. The number of benzene rings is 3. The molecular formula is C42H50F4N4O5S. The van der Waals surface area contributed by atoms with Crippen LogP contribution < -0.4 is 10.2 Å². The molecule has 0 aromatic heterocycles. The second kappa shape index (κ2) is 16.1. The molecule has 3 aromatic rings. The molecule has 3 atom stereocenters. The van der Waals surface area contributed by atoms with Gasteiger partial charge in [0, 0.05) is 32.0 Å². The Kier molecular flexibility index (Phi) is 11.5. The fraction of sp³-hybridized carbons (Fsp3) is 0.524. The lowest BCUT2D eigenvalue weighted by Crippen LogP contribution is -2.65. The summed E-state index contributed by atoms with van der Waals surface area (Å²) in [6.07, 6.45) is 5.90. The van der Waals surface area contributed by atoms with E-state index >= 15 is 13.2 Å². The number of methoxy groups -OCH3 is 1. The normalized spacial score (nSPS) is 22.9. The van der Waals surface area contributed by atoms with Crippen molar-refractivity contribution in [3.05, 3.63) is 89.2 Å². The molecule has 9 nitrogen and oxygen atoms in total. The van der Waals surface area contributed by atoms with Gasteiger partial charge in [0.05, 0.1) is 41.2 Å². The zero-order valence-corrected chi connectivity index (χ0v) is 32.7. The third-order valence-corrected chi connectivity index (χ3v) is 14.6. The fourth-order valence-electron chi connectivity index (χ4n) is 9.98. The molecule has 0 unspecified atom stereocenters. The van der Waals surface area contributed by atoms with Crippen LogP contribution in [-0.4, -0.2) is 102 Å². The molecule has 3 saturated heterocycles. The van der Waals surface area contributed by atoms with Gasteiger partial charge in [-0.05, 0) is 130 Å². The second-order valence-corrected chi connectivity index (χ2v) is 18.1. The summed E-state index contributed by atoms with van der Waals surface area (Å²) in [5.74, 6) is -2.60. The molecule has 7 rings (SSSR count). The van der Waals surface area contributed by atoms with Crippen LogP contribution in [0.15, 0.2) is 70.5 Å². The van der Waals surface area contributed by atoms with Crippen molar-refractivity contribution < 1.29 is 40.3 Å². The second-order valence-electron chi connectivity index (χ2n) is 16.2. The summed E-state index contributed by atoms with van der Waals surface area (Å²) in [4.78, 5) is 29.7. The number of ether oxygens (including phenoxy) is 1. The van der Waals surface area contributed by atoms with Crippen molar-refractivity contribution >= 4 is 27.4 Å². The quantitative estimate of drug-likeness (QED) is 0.162. The Morgan fingerprint density at radius 3 is 2.18 bits per heavy atom. The lowest BCUT2D eigenvalue weighted by Gasteiger charge is -2.54. The maximum Gasteiger partial charge on any atom is 0.305 e. The van der Waals surface area contributed by atoms with Crippen LogP contribution in [-0.2, 0) is 24.8 Å². The van der Waals surface area contributed by atoms with Gasteiger partial charge in [0.25, 0.3) is 5.91 Å². The van der Waals surface area contributed by atoms with Gasteiger partial charge >= 0.3 is 5.97 Å². The third-order valence-electron chi connectivity index (χ3n) is 12.8. The van der Waals surface area contributed by atoms with Crippen molar-refractivity contribution in [3.8, 4) is 0 Å². The van der Waals surface area contributed by atoms with E-state index in [1.165, 1.54) is 32.4 Å². The summed E-state index contributed by atoms with van der Waals surface area (Å²) < 4.78 is 92.8. The number of piperidine rings is 1. The van der Waals surface area contributed by atoms with Crippen molar-refractivity contribution in [3.63, 3.8) is 0 Å². The van der Waals surface area contributed by atoms with Gasteiger partial charge in [-0.2, -0.15) is 0 Å². The lowest BCUT2D eigenvalue weighted by molar-refractivity contribution is -0.142. The highest BCUT2D eigenvalue weighted by Crippen LogP contribution is 2.54. The fourth-order valence-corrected chi connectivity index (χ4v) is 11.3. The molecule has 3 heterocycles. The van der Waals surface area contributed by atoms with Crippen molar-refractivity contribution in [1.82, 2.24) is 15.1 Å². The van der Waals surface area contributed by atoms with Crippen molar-refractivity contribution in [1.29, 1.82) is 0 Å². The Balaban J connectivity index is 1.03. The zero-order chi connectivity index (χ0) is 39.8. The number of nitrogens with one attached hydrogen (secondary N) is 1. The lowest BCUT2D eigenvalue weighted by atomic mass is 9.56. The van der Waals surface area contributed by atoms with Crippen LogP contribution in [0.1, 0.15) is 60.9 Å². The number of esters is 1. The van der Waals surface area contributed by atoms with Crippen LogP contribution in [0.5, 0.6) is 0 Å². The van der Waals surface area contributed by atoms with Crippen LogP contribution >= 0.6 is 0 Å². The molecule has 3 aliphatic heterocycles. The molecule has 3 aromatic carbocycles. The van der Waals surface area contributed by atoms with Gasteiger partial charge in [-0.15, -0.1) is 0 Å². The number of carbonyl (C=O) groups is 2. The number of likely N-dealkylation sites (tertiary alicyclic amines) is 2. The molecule has 14 heteroatoms. The molecule has 4 aliphatic rings. The summed E-state index contributed by atoms with van der Waals surface area (Å²) >= 11 is 0. The van der Waals surface area contributed by atoms with Crippen LogP contribution in [0.2, 0.25) is 0 Å². The van der Waals surface area contributed by atoms with E-state index in [-0.39, 0.29) is 65.8 Å². The Hall–Kier alpha value is -4.01. The van der Waals surface area contributed by atoms with Crippen LogP contribution in [0.25, 0.3) is 0 Å². The Labute approximate surface area is 326 Å². The van der Waals surface area contributed by atoms with E-state index in [2.05, 4.69) is 21.2 Å². The average molecular weight is 799 g/mol. The monoisotopic (exact) mass is 798 g/mol. The van der Waals surface area contributed by atoms with Gasteiger partial charge in [0.1, 0.15) is 17.5 Å². The predicted octanol–water partition coefficient (Wildman–Crippen LogP) is 6.16. The molecule has 0 bridgehead atoms. The van der Waals surface area contributed by atoms with Gasteiger partial charge in [0.15, 0.2) is 5.67 Å². The van der Waals surface area contributed by atoms with E-state index in [9.17, 15) is 22.4 Å². The Bertz CT molecular complexity index is 2050. The van der Waals surface area contributed by atoms with Gasteiger partial charge in [-0.3, -0.25) is 14.5 Å². The standard InChI is InChI=1S/C42H50F4N4O5S/c1-47-40(52)34-12-10-32(22-36(34)44)56(53,54)33-11-13-38(37(45)23-33)50-25-41(46,26-50)24-49-18-14-29(15-19-49)42(27-48-16-5-17-48,30-7-4-8-31(43)21-30)35-9-3-6-28(35)20-39(51)55-2/h4,7-8,10-13,21-23,28-29,35H,3,5-6,9,14-20,24-27H2,1-2H3,(H,47,52)/t28-,35+,42+/m1/s1. The Morgan fingerprint density at radius 1 is 0.875 bits per heavy atom. The largest absolute Gasteiger partial charge is 0.469 e. The van der Waals surface area contributed by atoms with Gasteiger partial charge in [0.2, 0.25) is 9.84 Å². The van der Waals surface area contributed by atoms with E-state index in [0.717, 1.165) is 88.0 Å². The smallest absolute Gasteiger partial charge is 0.305 e. The summed E-state index contributed by atoms with van der Waals surface area (Å²) in [5.41, 5.74) is -1.26. The van der Waals surface area contributed by atoms with Gasteiger partial charge in [-0.25, -0.2) is 26.0 Å². The highest BCUT2D eigenvalue weighted by molar-refractivity contribution is 7.91. The Morgan fingerprint density at radius 2 is 1.57 bits per heavy atom. The molecule has 1 N–H and O–H groups in total. The first-order valence-corrected chi connectivity index (χ1v) is 21.0. The summed E-state index contributed by atoms with van der Waals surface area (Å²) in [7, 11) is -1.57. The number of hydrogen-bond donors (Lipinski definition) is 1. The number of alkyl halides is 1. The van der Waals surface area contributed by atoms with Crippen LogP contribution in [0.4, 0.5) is 23.2 Å². The SMILES string of the molecule is CNC(=O)c1ccc(S(=O)(=O)c2ccc(N3CC(F)(CN4CCC([C@@](CN5CCC5)(c5cccc(F)c5)[C@H]5CCC[C@@H]5CC(=O)OC)CC4)C3)c(F)c2)cc1F. The zero-order valence-electron chi connectivity index (χ0n) is 31.9. The number of rotatable bonds is 13. The molecule has 1 aliphatic carbocycles.